The van der Waals surface area contributed by atoms with E-state index in [4.69, 9.17) is 9.72 Å². The number of nitrogens with zero attached hydrogens (tertiary/aromatic N) is 2. The van der Waals surface area contributed by atoms with Crippen LogP contribution in [0.25, 0.3) is 16.8 Å². The Morgan fingerprint density at radius 2 is 1.67 bits per heavy atom. The summed E-state index contributed by atoms with van der Waals surface area (Å²) in [6.07, 6.45) is 2.50. The second-order valence-corrected chi connectivity index (χ2v) is 8.87. The fourth-order valence-electron chi connectivity index (χ4n) is 4.54. The van der Waals surface area contributed by atoms with Gasteiger partial charge in [0, 0.05) is 11.9 Å². The van der Waals surface area contributed by atoms with E-state index < -0.39 is 12.1 Å². The monoisotopic (exact) mass is 476 g/mol. The lowest BCUT2D eigenvalue weighted by Gasteiger charge is -2.21. The summed E-state index contributed by atoms with van der Waals surface area (Å²) in [6.45, 7) is 4.50. The Bertz CT molecular complexity index is 1510. The second-order valence-electron chi connectivity index (χ2n) is 8.87. The highest BCUT2D eigenvalue weighted by Crippen LogP contribution is 2.32. The Morgan fingerprint density at radius 1 is 0.944 bits per heavy atom. The normalized spacial score (nSPS) is 12.1. The van der Waals surface area contributed by atoms with Crippen LogP contribution in [-0.2, 0) is 17.8 Å². The van der Waals surface area contributed by atoms with Gasteiger partial charge in [0.25, 0.3) is 0 Å². The molecule has 180 valence electrons. The summed E-state index contributed by atoms with van der Waals surface area (Å²) in [6, 6.07) is 29.2. The first-order valence-electron chi connectivity index (χ1n) is 12.1. The smallest absolute Gasteiger partial charge is 0.336 e. The Labute approximate surface area is 210 Å². The van der Waals surface area contributed by atoms with Gasteiger partial charge in [0.2, 0.25) is 0 Å². The molecule has 0 aliphatic rings. The van der Waals surface area contributed by atoms with E-state index >= 15 is 0 Å². The standard InChI is InChI=1S/C31H28N2O3/c1-3-25-19-33-26(16-14-21(2)30(33)32-25)20-36-29(23-12-8-5-9-13-23)24-15-17-27(28(18-24)31(34)35)22-10-6-4-7-11-22/h4-19,29H,3,20H2,1-2H3,(H,34,35). The molecule has 0 fully saturated rings. The minimum atomic E-state index is -0.965. The van der Waals surface area contributed by atoms with Crippen LogP contribution in [0.3, 0.4) is 0 Å². The maximum Gasteiger partial charge on any atom is 0.336 e. The summed E-state index contributed by atoms with van der Waals surface area (Å²) in [5.74, 6) is -0.965. The van der Waals surface area contributed by atoms with Crippen molar-refractivity contribution in [1.29, 1.82) is 0 Å². The first-order chi connectivity index (χ1) is 17.5. The number of carboxylic acids is 1. The SMILES string of the molecule is CCc1cn2c(COC(c3ccccc3)c3ccc(-c4ccccc4)c(C(=O)O)c3)ccc(C)c2n1. The van der Waals surface area contributed by atoms with Crippen molar-refractivity contribution in [2.45, 2.75) is 33.0 Å². The molecular weight excluding hydrogens is 448 g/mol. The van der Waals surface area contributed by atoms with E-state index in [0.29, 0.717) is 12.2 Å². The molecule has 0 aliphatic carbocycles. The van der Waals surface area contributed by atoms with E-state index in [1.165, 1.54) is 0 Å². The van der Waals surface area contributed by atoms with Gasteiger partial charge < -0.3 is 14.2 Å². The van der Waals surface area contributed by atoms with E-state index in [1.54, 1.807) is 6.07 Å². The molecule has 0 saturated carbocycles. The van der Waals surface area contributed by atoms with Crippen LogP contribution in [0.15, 0.2) is 97.2 Å². The van der Waals surface area contributed by atoms with E-state index in [9.17, 15) is 9.90 Å². The van der Waals surface area contributed by atoms with Gasteiger partial charge in [0.15, 0.2) is 0 Å². The molecular formula is C31H28N2O3. The number of benzene rings is 3. The fraction of sp³-hybridized carbons (Fsp3) is 0.161. The van der Waals surface area contributed by atoms with Gasteiger partial charge in [-0.2, -0.15) is 0 Å². The Hall–Kier alpha value is -4.22. The Morgan fingerprint density at radius 3 is 2.36 bits per heavy atom. The zero-order valence-electron chi connectivity index (χ0n) is 20.4. The van der Waals surface area contributed by atoms with Crippen molar-refractivity contribution in [2.24, 2.45) is 0 Å². The zero-order valence-corrected chi connectivity index (χ0v) is 20.4. The van der Waals surface area contributed by atoms with Gasteiger partial charge in [-0.15, -0.1) is 0 Å². The minimum Gasteiger partial charge on any atom is -0.478 e. The third-order valence-corrected chi connectivity index (χ3v) is 6.47. The third-order valence-electron chi connectivity index (χ3n) is 6.47. The van der Waals surface area contributed by atoms with Gasteiger partial charge in [0.05, 0.1) is 17.9 Å². The van der Waals surface area contributed by atoms with Crippen LogP contribution in [0.5, 0.6) is 0 Å². The summed E-state index contributed by atoms with van der Waals surface area (Å²) in [4.78, 5) is 17.0. The van der Waals surface area contributed by atoms with Crippen LogP contribution in [0.1, 0.15) is 51.5 Å². The molecule has 5 heteroatoms. The number of fused-ring (bicyclic) bond motifs is 1. The topological polar surface area (TPSA) is 63.8 Å². The van der Waals surface area contributed by atoms with Gasteiger partial charge in [-0.25, -0.2) is 9.78 Å². The number of aromatic carboxylic acids is 1. The van der Waals surface area contributed by atoms with Gasteiger partial charge >= 0.3 is 5.97 Å². The Kier molecular flexibility index (Phi) is 6.65. The molecule has 5 aromatic rings. The molecule has 0 spiro atoms. The fourth-order valence-corrected chi connectivity index (χ4v) is 4.54. The number of hydrogen-bond acceptors (Lipinski definition) is 3. The summed E-state index contributed by atoms with van der Waals surface area (Å²) < 4.78 is 8.62. The lowest BCUT2D eigenvalue weighted by Crippen LogP contribution is -2.10. The highest BCUT2D eigenvalue weighted by molar-refractivity contribution is 5.96. The van der Waals surface area contributed by atoms with E-state index in [2.05, 4.69) is 36.6 Å². The van der Waals surface area contributed by atoms with Crippen molar-refractivity contribution >= 4 is 11.6 Å². The molecule has 0 saturated heterocycles. The molecule has 5 rings (SSSR count). The van der Waals surface area contributed by atoms with Crippen LogP contribution in [0, 0.1) is 6.92 Å². The van der Waals surface area contributed by atoms with Gasteiger partial charge in [-0.1, -0.05) is 85.8 Å². The quantitative estimate of drug-likeness (QED) is 0.265. The van der Waals surface area contributed by atoms with Crippen molar-refractivity contribution in [3.63, 3.8) is 0 Å². The molecule has 1 N–H and O–H groups in total. The molecule has 5 nitrogen and oxygen atoms in total. The summed E-state index contributed by atoms with van der Waals surface area (Å²) >= 11 is 0. The number of carbonyl (C=O) groups is 1. The minimum absolute atomic E-state index is 0.253. The van der Waals surface area contributed by atoms with Crippen LogP contribution < -0.4 is 0 Å². The summed E-state index contributed by atoms with van der Waals surface area (Å²) in [5.41, 5.74) is 7.63. The van der Waals surface area contributed by atoms with Gasteiger partial charge in [-0.05, 0) is 53.3 Å². The maximum absolute atomic E-state index is 12.2. The largest absolute Gasteiger partial charge is 0.478 e. The molecule has 36 heavy (non-hydrogen) atoms. The number of pyridine rings is 1. The number of rotatable bonds is 8. The van der Waals surface area contributed by atoms with Crippen molar-refractivity contribution in [1.82, 2.24) is 9.38 Å². The maximum atomic E-state index is 12.2. The highest BCUT2D eigenvalue weighted by atomic mass is 16.5. The first-order valence-corrected chi connectivity index (χ1v) is 12.1. The molecule has 0 bridgehead atoms. The van der Waals surface area contributed by atoms with Crippen LogP contribution in [-0.4, -0.2) is 20.5 Å². The van der Waals surface area contributed by atoms with E-state index in [0.717, 1.165) is 45.7 Å². The average Bonchev–Trinajstić information content (AvgIpc) is 3.37. The van der Waals surface area contributed by atoms with Crippen molar-refractivity contribution in [3.8, 4) is 11.1 Å². The van der Waals surface area contributed by atoms with Crippen molar-refractivity contribution < 1.29 is 14.6 Å². The van der Waals surface area contributed by atoms with E-state index in [-0.39, 0.29) is 5.56 Å². The predicted octanol–water partition coefficient (Wildman–Crippen LogP) is 6.88. The molecule has 3 aromatic carbocycles. The number of aryl methyl sites for hydroxylation is 2. The van der Waals surface area contributed by atoms with Gasteiger partial charge in [0.1, 0.15) is 11.8 Å². The molecule has 2 aromatic heterocycles. The number of imidazole rings is 1. The zero-order chi connectivity index (χ0) is 25.1. The Balaban J connectivity index is 1.54. The lowest BCUT2D eigenvalue weighted by molar-refractivity contribution is 0.0635. The molecule has 0 aliphatic heterocycles. The molecule has 0 amide bonds. The summed E-state index contributed by atoms with van der Waals surface area (Å²) in [5, 5.41) is 10.0. The van der Waals surface area contributed by atoms with Crippen molar-refractivity contribution in [2.75, 3.05) is 0 Å². The van der Waals surface area contributed by atoms with Crippen LogP contribution >= 0.6 is 0 Å². The first kappa shape index (κ1) is 23.5. The molecule has 1 unspecified atom stereocenters. The molecule has 0 radical (unpaired) electrons. The number of hydrogen-bond donors (Lipinski definition) is 1. The predicted molar refractivity (Wildman–Crippen MR) is 141 cm³/mol. The van der Waals surface area contributed by atoms with E-state index in [1.807, 2.05) is 72.8 Å². The third kappa shape index (κ3) is 4.66. The highest BCUT2D eigenvalue weighted by Gasteiger charge is 2.20. The molecule has 1 atom stereocenters. The van der Waals surface area contributed by atoms with Crippen molar-refractivity contribution in [3.05, 3.63) is 131 Å². The second kappa shape index (κ2) is 10.2. The summed E-state index contributed by atoms with van der Waals surface area (Å²) in [7, 11) is 0. The molecule has 2 heterocycles. The number of aromatic nitrogens is 2. The average molecular weight is 477 g/mol. The van der Waals surface area contributed by atoms with Crippen LogP contribution in [0.4, 0.5) is 0 Å². The van der Waals surface area contributed by atoms with Crippen LogP contribution in [0.2, 0.25) is 0 Å². The number of ether oxygens (including phenoxy) is 1. The van der Waals surface area contributed by atoms with Gasteiger partial charge in [-0.3, -0.25) is 0 Å². The lowest BCUT2D eigenvalue weighted by atomic mass is 9.93. The number of carboxylic acid groups (broad SMARTS) is 1.